The van der Waals surface area contributed by atoms with Crippen LogP contribution in [-0.4, -0.2) is 37.0 Å². The van der Waals surface area contributed by atoms with Crippen LogP contribution in [-0.2, 0) is 10.0 Å². The van der Waals surface area contributed by atoms with Crippen LogP contribution in [0.25, 0.3) is 0 Å². The normalized spacial score (nSPS) is 19.6. The molecule has 0 saturated carbocycles. The lowest BCUT2D eigenvalue weighted by Crippen LogP contribution is -2.33. The lowest BCUT2D eigenvalue weighted by Gasteiger charge is -2.21. The second-order valence-electron chi connectivity index (χ2n) is 4.71. The van der Waals surface area contributed by atoms with Gasteiger partial charge in [0.05, 0.1) is 5.02 Å². The highest BCUT2D eigenvalue weighted by molar-refractivity contribution is 7.89. The molecule has 0 radical (unpaired) electrons. The maximum Gasteiger partial charge on any atom is 0.244 e. The Morgan fingerprint density at radius 1 is 1.50 bits per heavy atom. The number of sulfonamides is 1. The van der Waals surface area contributed by atoms with E-state index in [9.17, 15) is 8.42 Å². The summed E-state index contributed by atoms with van der Waals surface area (Å²) in [6.45, 7) is 2.19. The molecular formula is C14H16ClNO3S. The van der Waals surface area contributed by atoms with E-state index >= 15 is 0 Å². The van der Waals surface area contributed by atoms with E-state index in [1.165, 1.54) is 16.4 Å². The highest BCUT2D eigenvalue weighted by atomic mass is 35.5. The van der Waals surface area contributed by atoms with E-state index in [1.54, 1.807) is 6.07 Å². The summed E-state index contributed by atoms with van der Waals surface area (Å²) in [5.41, 5.74) is 0.581. The second-order valence-corrected chi connectivity index (χ2v) is 6.98. The molecule has 1 saturated heterocycles. The lowest BCUT2D eigenvalue weighted by atomic mass is 10.2. The smallest absolute Gasteiger partial charge is 0.244 e. The highest BCUT2D eigenvalue weighted by Crippen LogP contribution is 2.30. The fourth-order valence-corrected chi connectivity index (χ4v) is 4.54. The number of nitrogens with zero attached hydrogens (tertiary/aromatic N) is 1. The summed E-state index contributed by atoms with van der Waals surface area (Å²) in [6, 6.07) is 4.59. The van der Waals surface area contributed by atoms with Crippen molar-refractivity contribution in [1.82, 2.24) is 4.31 Å². The van der Waals surface area contributed by atoms with Crippen molar-refractivity contribution >= 4 is 21.6 Å². The van der Waals surface area contributed by atoms with Crippen molar-refractivity contribution < 1.29 is 13.5 Å². The highest BCUT2D eigenvalue weighted by Gasteiger charge is 2.33. The van der Waals surface area contributed by atoms with Gasteiger partial charge < -0.3 is 5.11 Å². The van der Waals surface area contributed by atoms with Crippen molar-refractivity contribution in [2.24, 2.45) is 0 Å². The zero-order valence-corrected chi connectivity index (χ0v) is 12.7. The molecule has 0 amide bonds. The number of hydrogen-bond acceptors (Lipinski definition) is 3. The molecule has 0 spiro atoms. The first-order chi connectivity index (χ1) is 9.46. The standard InChI is InChI=1S/C14H16ClNO3S/c1-11-4-2-8-16(11)20(18,19)14-7-6-12(5-3-9-17)10-13(14)15/h6-7,10-11,17H,2,4,8-9H2,1H3. The third kappa shape index (κ3) is 2.99. The van der Waals surface area contributed by atoms with Gasteiger partial charge in [-0.25, -0.2) is 8.42 Å². The summed E-state index contributed by atoms with van der Waals surface area (Å²) in [4.78, 5) is 0.113. The molecule has 1 aromatic carbocycles. The fourth-order valence-electron chi connectivity index (χ4n) is 2.32. The average Bonchev–Trinajstić information content (AvgIpc) is 2.83. The van der Waals surface area contributed by atoms with Gasteiger partial charge in [0.1, 0.15) is 11.5 Å². The summed E-state index contributed by atoms with van der Waals surface area (Å²) in [5.74, 6) is 5.20. The molecule has 108 valence electrons. The molecule has 1 fully saturated rings. The van der Waals surface area contributed by atoms with Crippen molar-refractivity contribution in [1.29, 1.82) is 0 Å². The van der Waals surface area contributed by atoms with Gasteiger partial charge >= 0.3 is 0 Å². The number of aliphatic hydroxyl groups excluding tert-OH is 1. The molecule has 1 atom stereocenters. The number of benzene rings is 1. The van der Waals surface area contributed by atoms with Gasteiger partial charge in [0, 0.05) is 18.2 Å². The molecule has 1 heterocycles. The minimum atomic E-state index is -3.55. The van der Waals surface area contributed by atoms with Gasteiger partial charge in [0.25, 0.3) is 0 Å². The van der Waals surface area contributed by atoms with Crippen molar-refractivity contribution in [3.63, 3.8) is 0 Å². The van der Waals surface area contributed by atoms with Crippen LogP contribution in [0.3, 0.4) is 0 Å². The Bertz CT molecular complexity index is 661. The molecule has 2 rings (SSSR count). The maximum atomic E-state index is 12.6. The van der Waals surface area contributed by atoms with Gasteiger partial charge in [0.15, 0.2) is 0 Å². The molecule has 1 aliphatic heterocycles. The molecular weight excluding hydrogens is 298 g/mol. The van der Waals surface area contributed by atoms with E-state index in [2.05, 4.69) is 11.8 Å². The first-order valence-electron chi connectivity index (χ1n) is 6.38. The van der Waals surface area contributed by atoms with Crippen LogP contribution >= 0.6 is 11.6 Å². The van der Waals surface area contributed by atoms with E-state index in [0.29, 0.717) is 12.1 Å². The lowest BCUT2D eigenvalue weighted by molar-refractivity contribution is 0.350. The maximum absolute atomic E-state index is 12.6. The van der Waals surface area contributed by atoms with Crippen molar-refractivity contribution in [3.05, 3.63) is 28.8 Å². The van der Waals surface area contributed by atoms with Gasteiger partial charge in [0.2, 0.25) is 10.0 Å². The minimum absolute atomic E-state index is 0.00456. The average molecular weight is 314 g/mol. The molecule has 20 heavy (non-hydrogen) atoms. The summed E-state index contributed by atoms with van der Waals surface area (Å²) in [6.07, 6.45) is 1.75. The van der Waals surface area contributed by atoms with E-state index in [0.717, 1.165) is 12.8 Å². The van der Waals surface area contributed by atoms with Crippen LogP contribution in [0.15, 0.2) is 23.1 Å². The van der Waals surface area contributed by atoms with Crippen LogP contribution in [0.2, 0.25) is 5.02 Å². The Balaban J connectivity index is 2.38. The van der Waals surface area contributed by atoms with Crippen LogP contribution in [0.5, 0.6) is 0 Å². The molecule has 1 N–H and O–H groups in total. The minimum Gasteiger partial charge on any atom is -0.384 e. The van der Waals surface area contributed by atoms with Crippen molar-refractivity contribution in [3.8, 4) is 11.8 Å². The van der Waals surface area contributed by atoms with E-state index in [4.69, 9.17) is 16.7 Å². The van der Waals surface area contributed by atoms with Crippen molar-refractivity contribution in [2.75, 3.05) is 13.2 Å². The Labute approximate surface area is 124 Å². The SMILES string of the molecule is CC1CCCN1S(=O)(=O)c1ccc(C#CCO)cc1Cl. The molecule has 1 unspecified atom stereocenters. The van der Waals surface area contributed by atoms with Crippen LogP contribution < -0.4 is 0 Å². The number of halogens is 1. The fraction of sp³-hybridized carbons (Fsp3) is 0.429. The van der Waals surface area contributed by atoms with Crippen LogP contribution in [0.1, 0.15) is 25.3 Å². The van der Waals surface area contributed by atoms with E-state index in [-0.39, 0.29) is 22.6 Å². The second kappa shape index (κ2) is 6.15. The predicted molar refractivity (Wildman–Crippen MR) is 78.0 cm³/mol. The molecule has 1 aromatic rings. The Kier molecular flexibility index (Phi) is 4.71. The molecule has 0 aromatic heterocycles. The Hall–Kier alpha value is -1.06. The van der Waals surface area contributed by atoms with Crippen LogP contribution in [0, 0.1) is 11.8 Å². The van der Waals surface area contributed by atoms with Crippen molar-refractivity contribution in [2.45, 2.75) is 30.7 Å². The molecule has 6 heteroatoms. The van der Waals surface area contributed by atoms with Gasteiger partial charge in [-0.3, -0.25) is 0 Å². The van der Waals surface area contributed by atoms with E-state index < -0.39 is 10.0 Å². The summed E-state index contributed by atoms with van der Waals surface area (Å²) >= 11 is 6.08. The third-order valence-corrected chi connectivity index (χ3v) is 5.82. The number of hydrogen-bond donors (Lipinski definition) is 1. The monoisotopic (exact) mass is 313 g/mol. The quantitative estimate of drug-likeness (QED) is 0.848. The zero-order valence-electron chi connectivity index (χ0n) is 11.1. The molecule has 4 nitrogen and oxygen atoms in total. The third-order valence-electron chi connectivity index (χ3n) is 3.32. The largest absolute Gasteiger partial charge is 0.384 e. The number of rotatable bonds is 2. The summed E-state index contributed by atoms with van der Waals surface area (Å²) in [7, 11) is -3.55. The van der Waals surface area contributed by atoms with Crippen LogP contribution in [0.4, 0.5) is 0 Å². The predicted octanol–water partition coefficient (Wildman–Crippen LogP) is 1.86. The Morgan fingerprint density at radius 2 is 2.25 bits per heavy atom. The van der Waals surface area contributed by atoms with Gasteiger partial charge in [-0.2, -0.15) is 4.31 Å². The molecule has 0 bridgehead atoms. The summed E-state index contributed by atoms with van der Waals surface area (Å²) in [5, 5.41) is 8.81. The molecule has 1 aliphatic rings. The first kappa shape index (κ1) is 15.3. The topological polar surface area (TPSA) is 57.6 Å². The molecule has 0 aliphatic carbocycles. The van der Waals surface area contributed by atoms with Gasteiger partial charge in [-0.1, -0.05) is 23.4 Å². The Morgan fingerprint density at radius 3 is 2.80 bits per heavy atom. The van der Waals surface area contributed by atoms with E-state index in [1.807, 2.05) is 6.92 Å². The van der Waals surface area contributed by atoms with Gasteiger partial charge in [-0.05, 0) is 38.0 Å². The van der Waals surface area contributed by atoms with Gasteiger partial charge in [-0.15, -0.1) is 0 Å². The first-order valence-corrected chi connectivity index (χ1v) is 8.19. The zero-order chi connectivity index (χ0) is 14.8. The number of aliphatic hydroxyl groups is 1. The summed E-state index contributed by atoms with van der Waals surface area (Å²) < 4.78 is 26.6.